The van der Waals surface area contributed by atoms with Crippen molar-refractivity contribution in [1.29, 1.82) is 0 Å². The predicted octanol–water partition coefficient (Wildman–Crippen LogP) is 4.68. The molecule has 84 valence electrons. The Balaban J connectivity index is 2.66. The van der Waals surface area contributed by atoms with Crippen LogP contribution in [0.15, 0.2) is 34.2 Å². The van der Waals surface area contributed by atoms with Gasteiger partial charge in [0.15, 0.2) is 0 Å². The summed E-state index contributed by atoms with van der Waals surface area (Å²) < 4.78 is 25.5. The molecule has 0 spiro atoms. The molecule has 2 rings (SSSR count). The Kier molecular flexibility index (Phi) is 3.73. The van der Waals surface area contributed by atoms with Crippen molar-refractivity contribution in [2.75, 3.05) is 0 Å². The zero-order chi connectivity index (χ0) is 11.5. The van der Waals surface area contributed by atoms with Crippen LogP contribution in [0.3, 0.4) is 0 Å². The first-order valence-corrected chi connectivity index (χ1v) is 5.99. The lowest BCUT2D eigenvalue weighted by atomic mass is 10.1. The smallest absolute Gasteiger partial charge is 0.113 e. The second-order valence-electron chi connectivity index (χ2n) is 2.87. The van der Waals surface area contributed by atoms with Crippen molar-refractivity contribution in [3.05, 3.63) is 29.4 Å². The maximum Gasteiger partial charge on any atom is 0.113 e. The quantitative estimate of drug-likeness (QED) is 0.883. The van der Waals surface area contributed by atoms with Crippen molar-refractivity contribution < 1.29 is 7.77 Å². The molecule has 0 saturated carbocycles. The molecule has 16 heavy (non-hydrogen) atoms. The molecule has 1 N–H and O–H groups in total. The third-order valence-corrected chi connectivity index (χ3v) is 3.29. The zero-order valence-electron chi connectivity index (χ0n) is 7.71. The normalized spacial score (nSPS) is 10.7. The number of aromatic nitrogens is 2. The van der Waals surface area contributed by atoms with Crippen molar-refractivity contribution in [3.8, 4) is 11.3 Å². The summed E-state index contributed by atoms with van der Waals surface area (Å²) in [4.78, 5) is 0.577. The van der Waals surface area contributed by atoms with E-state index in [1.165, 1.54) is 6.20 Å². The molecular formula is C9H5ClF2N2S2. The van der Waals surface area contributed by atoms with Gasteiger partial charge >= 0.3 is 0 Å². The minimum Gasteiger partial charge on any atom is -0.284 e. The highest BCUT2D eigenvalue weighted by Gasteiger charge is 2.17. The third-order valence-electron chi connectivity index (χ3n) is 1.98. The molecule has 0 aliphatic heterocycles. The summed E-state index contributed by atoms with van der Waals surface area (Å²) in [5.74, 6) is 0. The molecule has 0 unspecified atom stereocenters. The second kappa shape index (κ2) is 5.07. The van der Waals surface area contributed by atoms with E-state index in [-0.39, 0.29) is 34.1 Å². The van der Waals surface area contributed by atoms with Gasteiger partial charge < -0.3 is 0 Å². The van der Waals surface area contributed by atoms with Gasteiger partial charge in [0.05, 0.1) is 39.1 Å². The van der Waals surface area contributed by atoms with E-state index >= 15 is 0 Å². The van der Waals surface area contributed by atoms with Crippen LogP contribution in [0.25, 0.3) is 11.3 Å². The average molecular weight is 279 g/mol. The SMILES string of the molecule is FSc1cccc(SF)c1-c1n[nH]cc1Cl. The van der Waals surface area contributed by atoms with E-state index in [0.29, 0.717) is 16.3 Å². The zero-order valence-corrected chi connectivity index (χ0v) is 10.1. The number of nitrogens with zero attached hydrogens (tertiary/aromatic N) is 1. The van der Waals surface area contributed by atoms with E-state index < -0.39 is 0 Å². The Morgan fingerprint density at radius 3 is 2.25 bits per heavy atom. The molecule has 0 amide bonds. The summed E-state index contributed by atoms with van der Waals surface area (Å²) in [6, 6.07) is 4.67. The number of H-pyrrole nitrogens is 1. The van der Waals surface area contributed by atoms with Crippen LogP contribution in [-0.4, -0.2) is 10.2 Å². The number of halogens is 3. The number of benzene rings is 1. The van der Waals surface area contributed by atoms with Gasteiger partial charge in [-0.3, -0.25) is 5.10 Å². The lowest BCUT2D eigenvalue weighted by Gasteiger charge is -2.06. The second-order valence-corrected chi connectivity index (χ2v) is 4.46. The standard InChI is InChI=1S/C9H5ClF2N2S2/c10-5-4-13-14-9(5)8-6(15-11)2-1-3-7(8)16-12/h1-4H,(H,13,14). The Bertz CT molecular complexity index is 482. The number of aromatic amines is 1. The first-order valence-electron chi connectivity index (χ1n) is 4.17. The molecular weight excluding hydrogens is 274 g/mol. The highest BCUT2D eigenvalue weighted by Crippen LogP contribution is 2.41. The van der Waals surface area contributed by atoms with Crippen LogP contribution in [0.4, 0.5) is 7.77 Å². The maximum absolute atomic E-state index is 12.7. The molecule has 1 aromatic heterocycles. The molecule has 0 bridgehead atoms. The Morgan fingerprint density at radius 1 is 1.19 bits per heavy atom. The molecule has 0 saturated heterocycles. The Labute approximate surface area is 104 Å². The van der Waals surface area contributed by atoms with Gasteiger partial charge in [0.1, 0.15) is 5.69 Å². The molecule has 1 heterocycles. The van der Waals surface area contributed by atoms with E-state index in [9.17, 15) is 7.77 Å². The summed E-state index contributed by atoms with van der Waals surface area (Å²) in [6.45, 7) is 0. The Hall–Kier alpha value is -0.720. The van der Waals surface area contributed by atoms with Crippen LogP contribution in [0.5, 0.6) is 0 Å². The van der Waals surface area contributed by atoms with Gasteiger partial charge in [-0.25, -0.2) is 0 Å². The molecule has 0 aliphatic carbocycles. The van der Waals surface area contributed by atoms with Gasteiger partial charge in [0.2, 0.25) is 0 Å². The highest BCUT2D eigenvalue weighted by molar-refractivity contribution is 7.95. The molecule has 7 heteroatoms. The van der Waals surface area contributed by atoms with Crippen LogP contribution >= 0.6 is 35.9 Å². The van der Waals surface area contributed by atoms with Crippen LogP contribution in [0.2, 0.25) is 5.02 Å². The van der Waals surface area contributed by atoms with Crippen LogP contribution in [0.1, 0.15) is 0 Å². The molecule has 1 aromatic carbocycles. The molecule has 0 fully saturated rings. The third kappa shape index (κ3) is 2.05. The fourth-order valence-corrected chi connectivity index (χ4v) is 2.40. The van der Waals surface area contributed by atoms with Crippen molar-refractivity contribution in [3.63, 3.8) is 0 Å². The number of nitrogens with one attached hydrogen (secondary N) is 1. The van der Waals surface area contributed by atoms with Crippen LogP contribution in [0, 0.1) is 0 Å². The predicted molar refractivity (Wildman–Crippen MR) is 63.0 cm³/mol. The van der Waals surface area contributed by atoms with E-state index in [1.54, 1.807) is 18.2 Å². The van der Waals surface area contributed by atoms with Gasteiger partial charge in [-0.15, -0.1) is 0 Å². The maximum atomic E-state index is 12.7. The number of hydrogen-bond acceptors (Lipinski definition) is 3. The van der Waals surface area contributed by atoms with E-state index in [0.717, 1.165) is 0 Å². The molecule has 2 nitrogen and oxygen atoms in total. The summed E-state index contributed by atoms with van der Waals surface area (Å²) in [5.41, 5.74) is 0.719. The lowest BCUT2D eigenvalue weighted by Crippen LogP contribution is -1.86. The minimum atomic E-state index is 0.0394. The molecule has 0 radical (unpaired) electrons. The van der Waals surface area contributed by atoms with E-state index in [2.05, 4.69) is 10.2 Å². The monoisotopic (exact) mass is 278 g/mol. The molecule has 0 atom stereocenters. The van der Waals surface area contributed by atoms with Crippen molar-refractivity contribution in [1.82, 2.24) is 10.2 Å². The van der Waals surface area contributed by atoms with E-state index in [1.807, 2.05) is 0 Å². The first-order chi connectivity index (χ1) is 7.77. The van der Waals surface area contributed by atoms with Crippen LogP contribution < -0.4 is 0 Å². The Morgan fingerprint density at radius 2 is 1.81 bits per heavy atom. The summed E-state index contributed by atoms with van der Waals surface area (Å²) in [7, 11) is 0. The van der Waals surface area contributed by atoms with Gasteiger partial charge in [-0.05, 0) is 12.1 Å². The molecule has 2 aromatic rings. The van der Waals surface area contributed by atoms with Crippen molar-refractivity contribution >= 4 is 35.9 Å². The van der Waals surface area contributed by atoms with E-state index in [4.69, 9.17) is 11.6 Å². The number of rotatable bonds is 3. The van der Waals surface area contributed by atoms with Gasteiger partial charge in [-0.2, -0.15) is 12.9 Å². The fraction of sp³-hybridized carbons (Fsp3) is 0. The topological polar surface area (TPSA) is 28.7 Å². The first kappa shape index (κ1) is 11.8. The largest absolute Gasteiger partial charge is 0.284 e. The summed E-state index contributed by atoms with van der Waals surface area (Å²) >= 11 is 5.95. The van der Waals surface area contributed by atoms with Crippen LogP contribution in [-0.2, 0) is 0 Å². The number of hydrogen-bond donors (Lipinski definition) is 1. The van der Waals surface area contributed by atoms with Crippen molar-refractivity contribution in [2.24, 2.45) is 0 Å². The summed E-state index contributed by atoms with van der Waals surface area (Å²) in [5, 5.41) is 6.77. The molecule has 0 aliphatic rings. The van der Waals surface area contributed by atoms with Gasteiger partial charge in [-0.1, -0.05) is 17.7 Å². The minimum absolute atomic E-state index is 0.0394. The van der Waals surface area contributed by atoms with Gasteiger partial charge in [0.25, 0.3) is 0 Å². The van der Waals surface area contributed by atoms with Gasteiger partial charge in [0, 0.05) is 11.8 Å². The lowest BCUT2D eigenvalue weighted by molar-refractivity contribution is 0.926. The average Bonchev–Trinajstić information content (AvgIpc) is 2.74. The highest BCUT2D eigenvalue weighted by atomic mass is 35.5. The summed E-state index contributed by atoms with van der Waals surface area (Å²) in [6.07, 6.45) is 1.46. The fourth-order valence-electron chi connectivity index (χ4n) is 1.32. The van der Waals surface area contributed by atoms with Crippen molar-refractivity contribution in [2.45, 2.75) is 9.79 Å².